The van der Waals surface area contributed by atoms with Crippen LogP contribution in [0.3, 0.4) is 0 Å². The van der Waals surface area contributed by atoms with Crippen LogP contribution in [0.1, 0.15) is 58.3 Å². The van der Waals surface area contributed by atoms with E-state index < -0.39 is 43.8 Å². The molecule has 0 bridgehead atoms. The summed E-state index contributed by atoms with van der Waals surface area (Å²) in [6.07, 6.45) is 8.69. The van der Waals surface area contributed by atoms with Crippen molar-refractivity contribution in [3.05, 3.63) is 29.1 Å². The van der Waals surface area contributed by atoms with Crippen molar-refractivity contribution in [2.45, 2.75) is 64.3 Å². The fraction of sp³-hybridized carbons (Fsp3) is 0.625. The fourth-order valence-corrected chi connectivity index (χ4v) is 3.44. The molecule has 1 rings (SSSR count). The van der Waals surface area contributed by atoms with Gasteiger partial charge in [0.25, 0.3) is 0 Å². The van der Waals surface area contributed by atoms with Gasteiger partial charge in [-0.25, -0.2) is 22.0 Å². The van der Waals surface area contributed by atoms with Gasteiger partial charge in [-0.15, -0.1) is 0 Å². The Morgan fingerprint density at radius 2 is 1.00 bits per heavy atom. The van der Waals surface area contributed by atoms with E-state index in [-0.39, 0.29) is 0 Å². The van der Waals surface area contributed by atoms with E-state index in [4.69, 9.17) is 0 Å². The molecule has 1 aromatic rings. The van der Waals surface area contributed by atoms with Crippen molar-refractivity contribution in [3.63, 3.8) is 0 Å². The van der Waals surface area contributed by atoms with Gasteiger partial charge < -0.3 is 0 Å². The number of halogens is 5. The first-order valence-electron chi connectivity index (χ1n) is 7.76. The summed E-state index contributed by atoms with van der Waals surface area (Å²) in [5.41, 5.74) is 0. The molecular weight excluding hydrogens is 315 g/mol. The van der Waals surface area contributed by atoms with Gasteiger partial charge in [-0.1, -0.05) is 64.3 Å². The maximum Gasteiger partial charge on any atom is 0.200 e. The lowest BCUT2D eigenvalue weighted by atomic mass is 10.1. The van der Waals surface area contributed by atoms with Crippen molar-refractivity contribution >= 4 is 14.7 Å². The third-order valence-electron chi connectivity index (χ3n) is 3.54. The molecule has 2 radical (unpaired) electrons. The molecule has 0 heterocycles. The summed E-state index contributed by atoms with van der Waals surface area (Å²) in [5, 5.41) is -0.667. The fourth-order valence-electron chi connectivity index (χ4n) is 2.23. The minimum absolute atomic E-state index is 0.393. The summed E-state index contributed by atoms with van der Waals surface area (Å²) in [5.74, 6) is -9.16. The molecule has 0 spiro atoms. The maximum absolute atomic E-state index is 13.4. The lowest BCUT2D eigenvalue weighted by Gasteiger charge is -2.07. The predicted molar refractivity (Wildman–Crippen MR) is 79.0 cm³/mol. The van der Waals surface area contributed by atoms with Gasteiger partial charge in [0.2, 0.25) is 5.82 Å². The molecule has 0 aliphatic heterocycles. The van der Waals surface area contributed by atoms with Gasteiger partial charge in [-0.2, -0.15) is 0 Å². The molecule has 22 heavy (non-hydrogen) atoms. The predicted octanol–water partition coefficient (Wildman–Crippen LogP) is 5.27. The van der Waals surface area contributed by atoms with E-state index in [2.05, 4.69) is 6.92 Å². The third kappa shape index (κ3) is 5.37. The van der Waals surface area contributed by atoms with Gasteiger partial charge in [0, 0.05) is 5.19 Å². The molecule has 1 aromatic carbocycles. The van der Waals surface area contributed by atoms with Crippen molar-refractivity contribution in [3.8, 4) is 0 Å². The summed E-state index contributed by atoms with van der Waals surface area (Å²) in [7, 11) is -0.393. The molecule has 0 aromatic heterocycles. The molecule has 0 nitrogen and oxygen atoms in total. The summed E-state index contributed by atoms with van der Waals surface area (Å²) in [6.45, 7) is 2.15. The van der Waals surface area contributed by atoms with Gasteiger partial charge >= 0.3 is 0 Å². The highest BCUT2D eigenvalue weighted by molar-refractivity contribution is 6.53. The summed E-state index contributed by atoms with van der Waals surface area (Å²) >= 11 is 0. The third-order valence-corrected chi connectivity index (χ3v) is 4.94. The van der Waals surface area contributed by atoms with Crippen LogP contribution in [0, 0.1) is 29.1 Å². The Hall–Kier alpha value is -0.913. The topological polar surface area (TPSA) is 0 Å². The molecule has 0 unspecified atom stereocenters. The van der Waals surface area contributed by atoms with Crippen LogP contribution in [0.25, 0.3) is 0 Å². The Morgan fingerprint density at radius 3 is 1.50 bits per heavy atom. The standard InChI is InChI=1S/C16H21F5Si/c1-2-3-4-5-6-7-8-9-10-22-16-14(20)12(18)11(17)13(19)15(16)21/h2-10H2,1H3. The van der Waals surface area contributed by atoms with Crippen LogP contribution in [0.5, 0.6) is 0 Å². The SMILES string of the molecule is CCCCCCCCCC[Si]c1c(F)c(F)c(F)c(F)c1F. The first kappa shape index (κ1) is 19.1. The van der Waals surface area contributed by atoms with E-state index >= 15 is 0 Å². The molecular formula is C16H21F5Si. The van der Waals surface area contributed by atoms with E-state index in [0.29, 0.717) is 6.04 Å². The molecule has 124 valence electrons. The highest BCUT2D eigenvalue weighted by atomic mass is 28.2. The van der Waals surface area contributed by atoms with Crippen molar-refractivity contribution in [1.29, 1.82) is 0 Å². The molecule has 0 saturated heterocycles. The first-order chi connectivity index (χ1) is 10.5. The Morgan fingerprint density at radius 1 is 0.591 bits per heavy atom. The number of hydrogen-bond acceptors (Lipinski definition) is 0. The second-order valence-corrected chi connectivity index (χ2v) is 6.70. The quantitative estimate of drug-likeness (QED) is 0.179. The molecule has 0 aliphatic rings. The number of rotatable bonds is 10. The van der Waals surface area contributed by atoms with Crippen LogP contribution in [0.2, 0.25) is 6.04 Å². The van der Waals surface area contributed by atoms with Gasteiger partial charge in [0.05, 0.1) is 9.52 Å². The van der Waals surface area contributed by atoms with E-state index in [1.165, 1.54) is 25.7 Å². The van der Waals surface area contributed by atoms with Crippen LogP contribution in [-0.2, 0) is 0 Å². The number of unbranched alkanes of at least 4 members (excludes halogenated alkanes) is 7. The Labute approximate surface area is 130 Å². The highest BCUT2D eigenvalue weighted by Crippen LogP contribution is 2.16. The minimum atomic E-state index is -2.09. The lowest BCUT2D eigenvalue weighted by molar-refractivity contribution is 0.384. The second kappa shape index (κ2) is 9.97. The van der Waals surface area contributed by atoms with E-state index in [0.717, 1.165) is 25.7 Å². The van der Waals surface area contributed by atoms with Gasteiger partial charge in [-0.3, -0.25) is 0 Å². The Kier molecular flexibility index (Phi) is 8.67. The molecule has 6 heteroatoms. The summed E-state index contributed by atoms with van der Waals surface area (Å²) < 4.78 is 65.8. The van der Waals surface area contributed by atoms with Crippen molar-refractivity contribution in [1.82, 2.24) is 0 Å². The van der Waals surface area contributed by atoms with E-state index in [9.17, 15) is 22.0 Å². The average Bonchev–Trinajstić information content (AvgIpc) is 2.52. The normalized spacial score (nSPS) is 11.2. The summed E-state index contributed by atoms with van der Waals surface area (Å²) in [4.78, 5) is 0. The molecule has 0 N–H and O–H groups in total. The van der Waals surface area contributed by atoms with Gasteiger partial charge in [-0.05, 0) is 0 Å². The van der Waals surface area contributed by atoms with Crippen LogP contribution in [0.4, 0.5) is 22.0 Å². The number of benzene rings is 1. The molecule has 0 amide bonds. The zero-order valence-corrected chi connectivity index (χ0v) is 13.8. The van der Waals surface area contributed by atoms with Crippen molar-refractivity contribution in [2.75, 3.05) is 0 Å². The van der Waals surface area contributed by atoms with Gasteiger partial charge in [0.1, 0.15) is 0 Å². The molecule has 0 fully saturated rings. The average molecular weight is 336 g/mol. The smallest absolute Gasteiger partial charge is 0.200 e. The zero-order valence-electron chi connectivity index (χ0n) is 12.8. The summed E-state index contributed by atoms with van der Waals surface area (Å²) in [6, 6.07) is 0.452. The van der Waals surface area contributed by atoms with E-state index in [1.807, 2.05) is 0 Å². The van der Waals surface area contributed by atoms with E-state index in [1.54, 1.807) is 0 Å². The number of hydrogen-bond donors (Lipinski definition) is 0. The van der Waals surface area contributed by atoms with Crippen LogP contribution < -0.4 is 5.19 Å². The first-order valence-corrected chi connectivity index (χ1v) is 8.96. The minimum Gasteiger partial charge on any atom is -0.204 e. The monoisotopic (exact) mass is 336 g/mol. The van der Waals surface area contributed by atoms with Crippen LogP contribution in [-0.4, -0.2) is 9.52 Å². The molecule has 0 saturated carbocycles. The Bertz CT molecular complexity index is 447. The maximum atomic E-state index is 13.4. The van der Waals surface area contributed by atoms with Gasteiger partial charge in [0.15, 0.2) is 23.3 Å². The van der Waals surface area contributed by atoms with Crippen molar-refractivity contribution < 1.29 is 22.0 Å². The van der Waals surface area contributed by atoms with Crippen molar-refractivity contribution in [2.24, 2.45) is 0 Å². The van der Waals surface area contributed by atoms with Crippen LogP contribution in [0.15, 0.2) is 0 Å². The molecule has 0 atom stereocenters. The molecule has 0 aliphatic carbocycles. The highest BCUT2D eigenvalue weighted by Gasteiger charge is 2.25. The lowest BCUT2D eigenvalue weighted by Crippen LogP contribution is -2.27. The second-order valence-electron chi connectivity index (χ2n) is 5.35. The zero-order chi connectivity index (χ0) is 16.5. The Balaban J connectivity index is 2.34. The van der Waals surface area contributed by atoms with Crippen LogP contribution >= 0.6 is 0 Å². The largest absolute Gasteiger partial charge is 0.204 e.